The fourth-order valence-electron chi connectivity index (χ4n) is 3.58. The maximum atomic E-state index is 13.4. The van der Waals surface area contributed by atoms with E-state index in [9.17, 15) is 9.59 Å². The topological polar surface area (TPSA) is 46.6 Å². The van der Waals surface area contributed by atoms with E-state index >= 15 is 0 Å². The van der Waals surface area contributed by atoms with Crippen LogP contribution in [0.3, 0.4) is 0 Å². The van der Waals surface area contributed by atoms with Crippen LogP contribution in [-0.2, 0) is 14.3 Å². The van der Waals surface area contributed by atoms with Gasteiger partial charge in [0.25, 0.3) is 0 Å². The largest absolute Gasteiger partial charge is 0.463 e. The number of esters is 1. The first-order valence-electron chi connectivity index (χ1n) is 11.1. The molecule has 0 aromatic rings. The van der Waals surface area contributed by atoms with Crippen molar-refractivity contribution in [1.29, 1.82) is 0 Å². The molecule has 0 fully saturated rings. The van der Waals surface area contributed by atoms with Crippen molar-refractivity contribution < 1.29 is 14.3 Å². The van der Waals surface area contributed by atoms with E-state index in [1.807, 2.05) is 13.1 Å². The average Bonchev–Trinajstić information content (AvgIpc) is 2.60. The standard InChI is InChI=1S/C25H45NO3/c1-12-20(25(8,9)10)14-15-21(17(3)4)23(27)26(11)22(18(5)6)16-19(7)24(28)29-13-2/h14-18,20-22H,12-13H2,1-11H3/b15-14+,19-16+/t20-,21-,22-/m1/s1. The summed E-state index contributed by atoms with van der Waals surface area (Å²) >= 11 is 0. The molecule has 0 aliphatic heterocycles. The quantitative estimate of drug-likeness (QED) is 0.258. The third-order valence-corrected chi connectivity index (χ3v) is 5.60. The fraction of sp³-hybridized carbons (Fsp3) is 0.760. The molecule has 0 heterocycles. The molecule has 1 amide bonds. The number of amides is 1. The lowest BCUT2D eigenvalue weighted by Crippen LogP contribution is -2.43. The maximum absolute atomic E-state index is 13.4. The first-order valence-corrected chi connectivity index (χ1v) is 11.1. The highest BCUT2D eigenvalue weighted by atomic mass is 16.5. The smallest absolute Gasteiger partial charge is 0.333 e. The normalized spacial score (nSPS) is 16.2. The minimum absolute atomic E-state index is 0.0895. The van der Waals surface area contributed by atoms with Crippen molar-refractivity contribution in [2.24, 2.45) is 29.1 Å². The number of hydrogen-bond donors (Lipinski definition) is 0. The van der Waals surface area contributed by atoms with E-state index in [0.29, 0.717) is 18.1 Å². The molecular weight excluding hydrogens is 362 g/mol. The van der Waals surface area contributed by atoms with Gasteiger partial charge in [-0.05, 0) is 43.4 Å². The Morgan fingerprint density at radius 2 is 1.55 bits per heavy atom. The Bertz CT molecular complexity index is 581. The third kappa shape index (κ3) is 8.76. The zero-order valence-corrected chi connectivity index (χ0v) is 20.7. The second-order valence-electron chi connectivity index (χ2n) is 9.79. The van der Waals surface area contributed by atoms with Crippen molar-refractivity contribution in [3.8, 4) is 0 Å². The molecular formula is C25H45NO3. The monoisotopic (exact) mass is 407 g/mol. The SMILES string of the molecule is CCOC(=O)/C(C)=C/[C@H](C(C)C)N(C)C(=O)[C@H](/C=C/[C@@H](CC)C(C)(C)C)C(C)C. The predicted octanol–water partition coefficient (Wildman–Crippen LogP) is 5.88. The van der Waals surface area contributed by atoms with Gasteiger partial charge in [0.05, 0.1) is 18.6 Å². The van der Waals surface area contributed by atoms with Gasteiger partial charge in [0, 0.05) is 12.6 Å². The van der Waals surface area contributed by atoms with Crippen molar-refractivity contribution in [3.63, 3.8) is 0 Å². The van der Waals surface area contributed by atoms with Gasteiger partial charge in [-0.1, -0.05) is 73.6 Å². The van der Waals surface area contributed by atoms with Gasteiger partial charge >= 0.3 is 5.97 Å². The summed E-state index contributed by atoms with van der Waals surface area (Å²) in [4.78, 5) is 27.2. The summed E-state index contributed by atoms with van der Waals surface area (Å²) in [7, 11) is 1.84. The molecule has 0 aromatic carbocycles. The summed E-state index contributed by atoms with van der Waals surface area (Å²) in [5.41, 5.74) is 0.711. The molecule has 0 saturated heterocycles. The molecule has 4 heteroatoms. The Morgan fingerprint density at radius 3 is 1.93 bits per heavy atom. The maximum Gasteiger partial charge on any atom is 0.333 e. The van der Waals surface area contributed by atoms with Gasteiger partial charge in [0.1, 0.15) is 0 Å². The van der Waals surface area contributed by atoms with Gasteiger partial charge in [0.2, 0.25) is 5.91 Å². The van der Waals surface area contributed by atoms with Crippen molar-refractivity contribution in [2.75, 3.05) is 13.7 Å². The second kappa shape index (κ2) is 12.2. The first kappa shape index (κ1) is 27.4. The summed E-state index contributed by atoms with van der Waals surface area (Å²) in [5.74, 6) is 0.384. The summed E-state index contributed by atoms with van der Waals surface area (Å²) in [6, 6.07) is -0.161. The molecule has 0 aliphatic carbocycles. The number of carbonyl (C=O) groups excluding carboxylic acids is 2. The summed E-state index contributed by atoms with van der Waals surface area (Å²) < 4.78 is 5.10. The van der Waals surface area contributed by atoms with E-state index < -0.39 is 0 Å². The number of likely N-dealkylation sites (N-methyl/N-ethyl adjacent to an activating group) is 1. The zero-order valence-electron chi connectivity index (χ0n) is 20.7. The van der Waals surface area contributed by atoms with E-state index in [-0.39, 0.29) is 41.1 Å². The first-order chi connectivity index (χ1) is 13.3. The lowest BCUT2D eigenvalue weighted by Gasteiger charge is -2.33. The number of carbonyl (C=O) groups is 2. The van der Waals surface area contributed by atoms with Crippen molar-refractivity contribution in [2.45, 2.75) is 81.7 Å². The van der Waals surface area contributed by atoms with Crippen LogP contribution < -0.4 is 0 Å². The van der Waals surface area contributed by atoms with Crippen LogP contribution >= 0.6 is 0 Å². The molecule has 0 radical (unpaired) electrons. The predicted molar refractivity (Wildman–Crippen MR) is 122 cm³/mol. The van der Waals surface area contributed by atoms with E-state index in [0.717, 1.165) is 6.42 Å². The van der Waals surface area contributed by atoms with Gasteiger partial charge in [0.15, 0.2) is 0 Å². The average molecular weight is 408 g/mol. The Balaban J connectivity index is 5.71. The molecule has 0 aliphatic rings. The molecule has 4 nitrogen and oxygen atoms in total. The molecule has 29 heavy (non-hydrogen) atoms. The van der Waals surface area contributed by atoms with Crippen LogP contribution in [0.25, 0.3) is 0 Å². The molecule has 168 valence electrons. The minimum atomic E-state index is -0.324. The molecule has 0 bridgehead atoms. The lowest BCUT2D eigenvalue weighted by molar-refractivity contribution is -0.139. The van der Waals surface area contributed by atoms with Crippen molar-refractivity contribution in [3.05, 3.63) is 23.8 Å². The van der Waals surface area contributed by atoms with Gasteiger partial charge in [-0.15, -0.1) is 0 Å². The Labute approximate surface area is 179 Å². The molecule has 3 atom stereocenters. The number of nitrogens with zero attached hydrogens (tertiary/aromatic N) is 1. The molecule has 0 unspecified atom stereocenters. The van der Waals surface area contributed by atoms with Crippen LogP contribution in [-0.4, -0.2) is 36.5 Å². The van der Waals surface area contributed by atoms with Gasteiger partial charge in [-0.3, -0.25) is 4.79 Å². The molecule has 0 rings (SSSR count). The number of allylic oxidation sites excluding steroid dienone is 1. The lowest BCUT2D eigenvalue weighted by atomic mass is 9.78. The number of rotatable bonds is 10. The highest BCUT2D eigenvalue weighted by Crippen LogP contribution is 2.31. The van der Waals surface area contributed by atoms with Crippen LogP contribution in [0.1, 0.15) is 75.7 Å². The summed E-state index contributed by atoms with van der Waals surface area (Å²) in [6.45, 7) is 21.1. The van der Waals surface area contributed by atoms with E-state index in [1.54, 1.807) is 18.7 Å². The number of ether oxygens (including phenoxy) is 1. The van der Waals surface area contributed by atoms with Gasteiger partial charge in [-0.25, -0.2) is 4.79 Å². The fourth-order valence-corrected chi connectivity index (χ4v) is 3.58. The van der Waals surface area contributed by atoms with Crippen LogP contribution in [0.4, 0.5) is 0 Å². The number of hydrogen-bond acceptors (Lipinski definition) is 3. The second-order valence-corrected chi connectivity index (χ2v) is 9.79. The van der Waals surface area contributed by atoms with E-state index in [2.05, 4.69) is 67.5 Å². The van der Waals surface area contributed by atoms with Crippen molar-refractivity contribution >= 4 is 11.9 Å². The van der Waals surface area contributed by atoms with Crippen LogP contribution in [0.2, 0.25) is 0 Å². The Hall–Kier alpha value is -1.58. The zero-order chi connectivity index (χ0) is 22.9. The highest BCUT2D eigenvalue weighted by Gasteiger charge is 2.29. The molecule has 0 saturated carbocycles. The Morgan fingerprint density at radius 1 is 1.00 bits per heavy atom. The molecule has 0 spiro atoms. The van der Waals surface area contributed by atoms with Crippen LogP contribution in [0.5, 0.6) is 0 Å². The van der Waals surface area contributed by atoms with Crippen LogP contribution in [0.15, 0.2) is 23.8 Å². The molecule has 0 N–H and O–H groups in total. The highest BCUT2D eigenvalue weighted by molar-refractivity contribution is 5.88. The van der Waals surface area contributed by atoms with E-state index in [1.165, 1.54) is 0 Å². The molecule has 0 aromatic heterocycles. The third-order valence-electron chi connectivity index (χ3n) is 5.60. The van der Waals surface area contributed by atoms with Crippen molar-refractivity contribution in [1.82, 2.24) is 4.90 Å². The Kier molecular flexibility index (Phi) is 11.5. The van der Waals surface area contributed by atoms with E-state index in [4.69, 9.17) is 4.74 Å². The summed E-state index contributed by atoms with van der Waals surface area (Å²) in [5, 5.41) is 0. The van der Waals surface area contributed by atoms with Gasteiger partial charge < -0.3 is 9.64 Å². The van der Waals surface area contributed by atoms with Gasteiger partial charge in [-0.2, -0.15) is 0 Å². The van der Waals surface area contributed by atoms with Crippen LogP contribution in [0, 0.1) is 29.1 Å². The summed E-state index contributed by atoms with van der Waals surface area (Å²) in [6.07, 6.45) is 7.24. The minimum Gasteiger partial charge on any atom is -0.463 e.